The van der Waals surface area contributed by atoms with E-state index in [1.165, 1.54) is 11.1 Å². The Balaban J connectivity index is 1.49. The molecule has 0 bridgehead atoms. The number of nitrogens with zero attached hydrogens (tertiary/aromatic N) is 4. The van der Waals surface area contributed by atoms with Gasteiger partial charge in [-0.05, 0) is 37.5 Å². The zero-order chi connectivity index (χ0) is 18.3. The Morgan fingerprint density at radius 2 is 2.04 bits per heavy atom. The van der Waals surface area contributed by atoms with Crippen molar-refractivity contribution in [3.05, 3.63) is 53.3 Å². The largest absolute Gasteiger partial charge is 0.323 e. The molecule has 0 spiro atoms. The first-order valence-corrected chi connectivity index (χ1v) is 8.94. The summed E-state index contributed by atoms with van der Waals surface area (Å²) in [5.74, 6) is -0.00734. The second-order valence-electron chi connectivity index (χ2n) is 6.96. The number of nitrogens with one attached hydrogen (secondary N) is 1. The number of hydrogen-bond donors (Lipinski definition) is 1. The lowest BCUT2D eigenvalue weighted by molar-refractivity contribution is -0.121. The van der Waals surface area contributed by atoms with Crippen LogP contribution < -0.4 is 5.32 Å². The molecule has 1 aromatic carbocycles. The smallest absolute Gasteiger partial charge is 0.241 e. The van der Waals surface area contributed by atoms with E-state index >= 15 is 0 Å². The van der Waals surface area contributed by atoms with E-state index in [0.29, 0.717) is 5.69 Å². The molecule has 1 atom stereocenters. The first kappa shape index (κ1) is 16.7. The van der Waals surface area contributed by atoms with Gasteiger partial charge in [0.25, 0.3) is 0 Å². The highest BCUT2D eigenvalue weighted by atomic mass is 16.2. The summed E-state index contributed by atoms with van der Waals surface area (Å²) in [6, 6.07) is 10.2. The van der Waals surface area contributed by atoms with E-state index in [-0.39, 0.29) is 11.9 Å². The van der Waals surface area contributed by atoms with Crippen molar-refractivity contribution in [1.29, 1.82) is 0 Å². The number of fused-ring (bicyclic) bond motifs is 2. The van der Waals surface area contributed by atoms with E-state index in [4.69, 9.17) is 0 Å². The molecular weight excluding hydrogens is 326 g/mol. The van der Waals surface area contributed by atoms with Gasteiger partial charge >= 0.3 is 0 Å². The van der Waals surface area contributed by atoms with E-state index in [1.54, 1.807) is 10.9 Å². The Kier molecular flexibility index (Phi) is 4.20. The number of anilines is 1. The molecule has 6 nitrogen and oxygen atoms in total. The summed E-state index contributed by atoms with van der Waals surface area (Å²) < 4.78 is 1.75. The number of rotatable bonds is 3. The zero-order valence-electron chi connectivity index (χ0n) is 15.4. The minimum absolute atomic E-state index is 0.00734. The molecule has 26 heavy (non-hydrogen) atoms. The van der Waals surface area contributed by atoms with Gasteiger partial charge in [0.15, 0.2) is 5.65 Å². The third-order valence-electron chi connectivity index (χ3n) is 5.22. The Bertz CT molecular complexity index is 977. The lowest BCUT2D eigenvalue weighted by atomic mass is 9.99. The highest BCUT2D eigenvalue weighted by Crippen LogP contribution is 2.22. The van der Waals surface area contributed by atoms with E-state index in [0.717, 1.165) is 36.2 Å². The van der Waals surface area contributed by atoms with Gasteiger partial charge < -0.3 is 5.32 Å². The van der Waals surface area contributed by atoms with Crippen LogP contribution in [0.5, 0.6) is 0 Å². The van der Waals surface area contributed by atoms with Gasteiger partial charge in [-0.1, -0.05) is 24.3 Å². The predicted molar refractivity (Wildman–Crippen MR) is 102 cm³/mol. The zero-order valence-corrected chi connectivity index (χ0v) is 15.4. The molecule has 134 valence electrons. The third kappa shape index (κ3) is 2.97. The number of benzene rings is 1. The van der Waals surface area contributed by atoms with E-state index in [1.807, 2.05) is 27.0 Å². The predicted octanol–water partition coefficient (Wildman–Crippen LogP) is 2.66. The van der Waals surface area contributed by atoms with Crippen molar-refractivity contribution < 1.29 is 4.79 Å². The van der Waals surface area contributed by atoms with Gasteiger partial charge in [-0.25, -0.2) is 4.98 Å². The maximum atomic E-state index is 12.7. The molecule has 3 heterocycles. The number of amides is 1. The van der Waals surface area contributed by atoms with Crippen LogP contribution in [0.25, 0.3) is 11.0 Å². The van der Waals surface area contributed by atoms with E-state index in [2.05, 4.69) is 44.6 Å². The minimum Gasteiger partial charge on any atom is -0.323 e. The number of aryl methyl sites for hydroxylation is 2. The molecule has 0 fully saturated rings. The van der Waals surface area contributed by atoms with Crippen LogP contribution in [0.15, 0.2) is 36.5 Å². The topological polar surface area (TPSA) is 63.1 Å². The number of pyridine rings is 1. The number of carbonyl (C=O) groups is 1. The van der Waals surface area contributed by atoms with Gasteiger partial charge in [0.1, 0.15) is 0 Å². The first-order valence-electron chi connectivity index (χ1n) is 8.94. The summed E-state index contributed by atoms with van der Waals surface area (Å²) in [5.41, 5.74) is 5.14. The summed E-state index contributed by atoms with van der Waals surface area (Å²) in [4.78, 5) is 19.4. The normalized spacial score (nSPS) is 15.7. The van der Waals surface area contributed by atoms with Crippen LogP contribution in [0.2, 0.25) is 0 Å². The first-order chi connectivity index (χ1) is 12.5. The monoisotopic (exact) mass is 349 g/mol. The van der Waals surface area contributed by atoms with Crippen LogP contribution in [-0.4, -0.2) is 38.2 Å². The fraction of sp³-hybridized carbons (Fsp3) is 0.350. The average molecular weight is 349 g/mol. The van der Waals surface area contributed by atoms with Crippen molar-refractivity contribution in [1.82, 2.24) is 19.7 Å². The summed E-state index contributed by atoms with van der Waals surface area (Å²) in [6.07, 6.45) is 2.68. The van der Waals surface area contributed by atoms with Crippen molar-refractivity contribution >= 4 is 22.6 Å². The van der Waals surface area contributed by atoms with Crippen molar-refractivity contribution in [3.63, 3.8) is 0 Å². The van der Waals surface area contributed by atoms with Crippen LogP contribution in [0, 0.1) is 6.92 Å². The highest BCUT2D eigenvalue weighted by Gasteiger charge is 2.25. The van der Waals surface area contributed by atoms with Crippen LogP contribution in [0.4, 0.5) is 5.69 Å². The third-order valence-corrected chi connectivity index (χ3v) is 5.22. The summed E-state index contributed by atoms with van der Waals surface area (Å²) >= 11 is 0. The molecule has 0 radical (unpaired) electrons. The van der Waals surface area contributed by atoms with Crippen LogP contribution in [0.3, 0.4) is 0 Å². The molecule has 1 unspecified atom stereocenters. The molecule has 6 heteroatoms. The van der Waals surface area contributed by atoms with Gasteiger partial charge in [0.05, 0.1) is 23.6 Å². The number of hydrogen-bond acceptors (Lipinski definition) is 4. The van der Waals surface area contributed by atoms with Gasteiger partial charge in [0, 0.05) is 25.5 Å². The standard InChI is InChI=1S/C20H23N5O/c1-13-18-10-17(11-21-19(18)24(3)23-13)22-20(26)14(2)25-9-8-15-6-4-5-7-16(15)12-25/h4-7,10-11,14H,8-9,12H2,1-3H3,(H,22,26). The fourth-order valence-electron chi connectivity index (χ4n) is 3.64. The second kappa shape index (κ2) is 6.53. The van der Waals surface area contributed by atoms with Crippen molar-refractivity contribution in [2.75, 3.05) is 11.9 Å². The van der Waals surface area contributed by atoms with Gasteiger partial charge in [0.2, 0.25) is 5.91 Å². The SMILES string of the molecule is Cc1nn(C)c2ncc(NC(=O)C(C)N3CCc4ccccc4C3)cc12. The molecule has 2 aromatic heterocycles. The molecule has 0 aliphatic carbocycles. The maximum absolute atomic E-state index is 12.7. The average Bonchev–Trinajstić information content (AvgIpc) is 2.94. The molecule has 1 N–H and O–H groups in total. The van der Waals surface area contributed by atoms with Crippen molar-refractivity contribution in [2.24, 2.45) is 7.05 Å². The van der Waals surface area contributed by atoms with Crippen molar-refractivity contribution in [3.8, 4) is 0 Å². The Labute approximate surface area is 152 Å². The van der Waals surface area contributed by atoms with E-state index in [9.17, 15) is 4.79 Å². The number of carbonyl (C=O) groups excluding carboxylic acids is 1. The minimum atomic E-state index is -0.200. The summed E-state index contributed by atoms with van der Waals surface area (Å²) in [6.45, 7) is 5.61. The second-order valence-corrected chi connectivity index (χ2v) is 6.96. The van der Waals surface area contributed by atoms with Crippen LogP contribution in [0.1, 0.15) is 23.7 Å². The van der Waals surface area contributed by atoms with E-state index < -0.39 is 0 Å². The fourth-order valence-corrected chi connectivity index (χ4v) is 3.64. The quantitative estimate of drug-likeness (QED) is 0.790. The van der Waals surface area contributed by atoms with Crippen molar-refractivity contribution in [2.45, 2.75) is 32.9 Å². The maximum Gasteiger partial charge on any atom is 0.241 e. The molecule has 1 amide bonds. The number of aromatic nitrogens is 3. The van der Waals surface area contributed by atoms with Crippen LogP contribution in [-0.2, 0) is 24.8 Å². The Morgan fingerprint density at radius 3 is 2.85 bits per heavy atom. The molecule has 4 rings (SSSR count). The molecule has 1 aliphatic rings. The summed E-state index contributed by atoms with van der Waals surface area (Å²) in [5, 5.41) is 8.35. The molecule has 1 aliphatic heterocycles. The molecular formula is C20H23N5O. The Morgan fingerprint density at radius 1 is 1.27 bits per heavy atom. The lowest BCUT2D eigenvalue weighted by Crippen LogP contribution is -2.44. The Hall–Kier alpha value is -2.73. The molecule has 0 saturated carbocycles. The molecule has 0 saturated heterocycles. The van der Waals surface area contributed by atoms with Gasteiger partial charge in [-0.2, -0.15) is 5.10 Å². The van der Waals surface area contributed by atoms with Gasteiger partial charge in [-0.3, -0.25) is 14.4 Å². The van der Waals surface area contributed by atoms with Gasteiger partial charge in [-0.15, -0.1) is 0 Å². The van der Waals surface area contributed by atoms with Crippen LogP contribution >= 0.6 is 0 Å². The lowest BCUT2D eigenvalue weighted by Gasteiger charge is -2.32. The molecule has 3 aromatic rings. The highest BCUT2D eigenvalue weighted by molar-refractivity contribution is 5.96. The summed E-state index contributed by atoms with van der Waals surface area (Å²) in [7, 11) is 1.87.